The minimum atomic E-state index is 0.317. The van der Waals surface area contributed by atoms with Gasteiger partial charge in [-0.1, -0.05) is 18.2 Å². The summed E-state index contributed by atoms with van der Waals surface area (Å²) in [4.78, 5) is 7.11. The first-order valence-corrected chi connectivity index (χ1v) is 7.00. The number of aryl methyl sites for hydroxylation is 1. The predicted molar refractivity (Wildman–Crippen MR) is 78.5 cm³/mol. The average molecular weight is 256 g/mol. The van der Waals surface area contributed by atoms with Gasteiger partial charge in [0, 0.05) is 25.1 Å². The minimum absolute atomic E-state index is 0.317. The van der Waals surface area contributed by atoms with Crippen molar-refractivity contribution in [2.75, 3.05) is 24.6 Å². The van der Waals surface area contributed by atoms with Gasteiger partial charge < -0.3 is 10.0 Å². The van der Waals surface area contributed by atoms with E-state index in [9.17, 15) is 5.11 Å². The zero-order valence-electron chi connectivity index (χ0n) is 11.3. The van der Waals surface area contributed by atoms with Crippen molar-refractivity contribution in [3.05, 3.63) is 35.9 Å². The van der Waals surface area contributed by atoms with Crippen LogP contribution in [0.1, 0.15) is 18.4 Å². The zero-order valence-corrected chi connectivity index (χ0v) is 11.3. The van der Waals surface area contributed by atoms with E-state index in [1.807, 2.05) is 6.07 Å². The summed E-state index contributed by atoms with van der Waals surface area (Å²) in [7, 11) is 0. The van der Waals surface area contributed by atoms with Crippen molar-refractivity contribution in [1.82, 2.24) is 4.98 Å². The summed E-state index contributed by atoms with van der Waals surface area (Å²) in [5.74, 6) is 1.55. The van der Waals surface area contributed by atoms with Crippen molar-refractivity contribution in [2.45, 2.75) is 19.8 Å². The molecular formula is C16H20N2O. The summed E-state index contributed by atoms with van der Waals surface area (Å²) in [6.07, 6.45) is 2.12. The summed E-state index contributed by atoms with van der Waals surface area (Å²) < 4.78 is 0. The van der Waals surface area contributed by atoms with Crippen molar-refractivity contribution >= 4 is 16.7 Å². The van der Waals surface area contributed by atoms with E-state index in [1.165, 1.54) is 10.9 Å². The van der Waals surface area contributed by atoms with E-state index in [2.05, 4.69) is 36.1 Å². The number of nitrogens with zero attached hydrogens (tertiary/aromatic N) is 2. The Morgan fingerprint density at radius 1 is 1.26 bits per heavy atom. The summed E-state index contributed by atoms with van der Waals surface area (Å²) in [5.41, 5.74) is 2.35. The molecule has 0 aliphatic carbocycles. The number of fused-ring (bicyclic) bond motifs is 1. The molecule has 3 nitrogen and oxygen atoms in total. The van der Waals surface area contributed by atoms with Gasteiger partial charge in [0.1, 0.15) is 5.82 Å². The Morgan fingerprint density at radius 3 is 2.74 bits per heavy atom. The van der Waals surface area contributed by atoms with Crippen molar-refractivity contribution in [1.29, 1.82) is 0 Å². The molecule has 0 saturated carbocycles. The number of aromatic nitrogens is 1. The van der Waals surface area contributed by atoms with Gasteiger partial charge in [0.05, 0.1) is 5.52 Å². The Hall–Kier alpha value is -1.61. The third-order valence-electron chi connectivity index (χ3n) is 4.11. The molecule has 0 spiro atoms. The lowest BCUT2D eigenvalue weighted by Crippen LogP contribution is -2.35. The van der Waals surface area contributed by atoms with Gasteiger partial charge in [-0.15, -0.1) is 0 Å². The molecule has 0 unspecified atom stereocenters. The van der Waals surface area contributed by atoms with E-state index in [1.54, 1.807) is 0 Å². The first-order chi connectivity index (χ1) is 9.28. The standard InChI is InChI=1S/C16H20N2O/c1-12-10-16(17-15-5-3-2-4-14(12)15)18-8-6-13(11-19)7-9-18/h2-5,10,13,19H,6-9,11H2,1H3. The molecular weight excluding hydrogens is 236 g/mol. The number of rotatable bonds is 2. The van der Waals surface area contributed by atoms with Gasteiger partial charge >= 0.3 is 0 Å². The van der Waals surface area contributed by atoms with Crippen LogP contribution in [-0.2, 0) is 0 Å². The predicted octanol–water partition coefficient (Wildman–Crippen LogP) is 2.75. The summed E-state index contributed by atoms with van der Waals surface area (Å²) in [6.45, 7) is 4.46. The summed E-state index contributed by atoms with van der Waals surface area (Å²) in [5, 5.41) is 10.4. The van der Waals surface area contributed by atoms with Gasteiger partial charge in [0.2, 0.25) is 0 Å². The molecule has 3 rings (SSSR count). The van der Waals surface area contributed by atoms with Crippen LogP contribution in [0.4, 0.5) is 5.82 Å². The van der Waals surface area contributed by atoms with Gasteiger partial charge in [0.15, 0.2) is 0 Å². The third-order valence-corrected chi connectivity index (χ3v) is 4.11. The van der Waals surface area contributed by atoms with Crippen LogP contribution in [0.2, 0.25) is 0 Å². The molecule has 2 heterocycles. The quantitative estimate of drug-likeness (QED) is 0.897. The number of pyridine rings is 1. The number of aliphatic hydroxyl groups excluding tert-OH is 1. The van der Waals surface area contributed by atoms with Gasteiger partial charge in [-0.3, -0.25) is 0 Å². The molecule has 1 fully saturated rings. The van der Waals surface area contributed by atoms with Crippen molar-refractivity contribution in [3.63, 3.8) is 0 Å². The van der Waals surface area contributed by atoms with E-state index >= 15 is 0 Å². The van der Waals surface area contributed by atoms with Crippen LogP contribution in [-0.4, -0.2) is 29.8 Å². The molecule has 1 N–H and O–H groups in total. The fourth-order valence-electron chi connectivity index (χ4n) is 2.84. The number of para-hydroxylation sites is 1. The lowest BCUT2D eigenvalue weighted by Gasteiger charge is -2.32. The molecule has 0 amide bonds. The van der Waals surface area contributed by atoms with E-state index < -0.39 is 0 Å². The maximum Gasteiger partial charge on any atom is 0.129 e. The van der Waals surface area contributed by atoms with Crippen LogP contribution in [0, 0.1) is 12.8 Å². The second kappa shape index (κ2) is 5.17. The fraction of sp³-hybridized carbons (Fsp3) is 0.438. The van der Waals surface area contributed by atoms with E-state index in [-0.39, 0.29) is 0 Å². The monoisotopic (exact) mass is 256 g/mol. The summed E-state index contributed by atoms with van der Waals surface area (Å²) >= 11 is 0. The molecule has 100 valence electrons. The van der Waals surface area contributed by atoms with Crippen LogP contribution in [0.15, 0.2) is 30.3 Å². The molecule has 0 bridgehead atoms. The largest absolute Gasteiger partial charge is 0.396 e. The smallest absolute Gasteiger partial charge is 0.129 e. The molecule has 0 atom stereocenters. The number of hydrogen-bond donors (Lipinski definition) is 1. The molecule has 1 saturated heterocycles. The lowest BCUT2D eigenvalue weighted by atomic mass is 9.98. The second-order valence-electron chi connectivity index (χ2n) is 5.43. The molecule has 1 aliphatic heterocycles. The average Bonchev–Trinajstić information content (AvgIpc) is 2.47. The number of anilines is 1. The van der Waals surface area contributed by atoms with Crippen molar-refractivity contribution in [2.24, 2.45) is 5.92 Å². The topological polar surface area (TPSA) is 36.4 Å². The molecule has 0 radical (unpaired) electrons. The summed E-state index contributed by atoms with van der Waals surface area (Å²) in [6, 6.07) is 10.5. The molecule has 2 aromatic rings. The van der Waals surface area contributed by atoms with Crippen LogP contribution < -0.4 is 4.90 Å². The first kappa shape index (κ1) is 12.4. The molecule has 19 heavy (non-hydrogen) atoms. The van der Waals surface area contributed by atoms with E-state index in [4.69, 9.17) is 4.98 Å². The van der Waals surface area contributed by atoms with E-state index in [0.717, 1.165) is 37.3 Å². The molecule has 1 aliphatic rings. The SMILES string of the molecule is Cc1cc(N2CCC(CO)CC2)nc2ccccc12. The number of hydrogen-bond acceptors (Lipinski definition) is 3. The highest BCUT2D eigenvalue weighted by atomic mass is 16.3. The Kier molecular flexibility index (Phi) is 3.38. The molecule has 1 aromatic carbocycles. The molecule has 1 aromatic heterocycles. The maximum absolute atomic E-state index is 9.20. The Labute approximate surface area is 113 Å². The minimum Gasteiger partial charge on any atom is -0.396 e. The Bertz CT molecular complexity index is 574. The van der Waals surface area contributed by atoms with Gasteiger partial charge in [-0.2, -0.15) is 0 Å². The van der Waals surface area contributed by atoms with Crippen molar-refractivity contribution < 1.29 is 5.11 Å². The third kappa shape index (κ3) is 2.43. The van der Waals surface area contributed by atoms with E-state index in [0.29, 0.717) is 12.5 Å². The van der Waals surface area contributed by atoms with Crippen LogP contribution in [0.3, 0.4) is 0 Å². The number of aliphatic hydroxyl groups is 1. The van der Waals surface area contributed by atoms with Crippen LogP contribution in [0.25, 0.3) is 10.9 Å². The lowest BCUT2D eigenvalue weighted by molar-refractivity contribution is 0.203. The first-order valence-electron chi connectivity index (χ1n) is 7.00. The zero-order chi connectivity index (χ0) is 13.2. The van der Waals surface area contributed by atoms with Crippen molar-refractivity contribution in [3.8, 4) is 0 Å². The number of benzene rings is 1. The van der Waals surface area contributed by atoms with Crippen LogP contribution >= 0.6 is 0 Å². The second-order valence-corrected chi connectivity index (χ2v) is 5.43. The highest BCUT2D eigenvalue weighted by molar-refractivity contribution is 5.83. The highest BCUT2D eigenvalue weighted by Gasteiger charge is 2.19. The van der Waals surface area contributed by atoms with Gasteiger partial charge in [-0.05, 0) is 43.4 Å². The Morgan fingerprint density at radius 2 is 2.00 bits per heavy atom. The van der Waals surface area contributed by atoms with Crippen LogP contribution in [0.5, 0.6) is 0 Å². The highest BCUT2D eigenvalue weighted by Crippen LogP contribution is 2.25. The van der Waals surface area contributed by atoms with Gasteiger partial charge in [0.25, 0.3) is 0 Å². The number of piperidine rings is 1. The Balaban J connectivity index is 1.89. The maximum atomic E-state index is 9.20. The normalized spacial score (nSPS) is 17.1. The molecule has 3 heteroatoms. The van der Waals surface area contributed by atoms with Gasteiger partial charge in [-0.25, -0.2) is 4.98 Å². The fourth-order valence-corrected chi connectivity index (χ4v) is 2.84.